The lowest BCUT2D eigenvalue weighted by Crippen LogP contribution is -2.59. The number of primary amides is 1. The van der Waals surface area contributed by atoms with Crippen molar-refractivity contribution in [3.63, 3.8) is 0 Å². The van der Waals surface area contributed by atoms with Crippen LogP contribution in [-0.4, -0.2) is 28.9 Å². The van der Waals surface area contributed by atoms with Gasteiger partial charge in [0.15, 0.2) is 6.04 Å². The number of nitriles is 1. The van der Waals surface area contributed by atoms with Crippen molar-refractivity contribution in [2.24, 2.45) is 11.7 Å². The van der Waals surface area contributed by atoms with Gasteiger partial charge in [-0.05, 0) is 49.3 Å². The minimum atomic E-state index is -0.571. The summed E-state index contributed by atoms with van der Waals surface area (Å²) in [6.07, 6.45) is 4.04. The second-order valence-corrected chi connectivity index (χ2v) is 10.5. The van der Waals surface area contributed by atoms with Crippen LogP contribution in [0.25, 0.3) is 0 Å². The second-order valence-electron chi connectivity index (χ2n) is 10.5. The SMILES string of the molecule is Cc1cccc(C[N@+]2(C(=O)CCCC[C@@](C#N)(c3ccccc3)C(C)C)CCCC2C(N)=O)c1C. The van der Waals surface area contributed by atoms with E-state index in [-0.39, 0.29) is 22.2 Å². The van der Waals surface area contributed by atoms with Gasteiger partial charge in [0, 0.05) is 18.4 Å². The van der Waals surface area contributed by atoms with Gasteiger partial charge in [-0.15, -0.1) is 0 Å². The van der Waals surface area contributed by atoms with Crippen LogP contribution in [0.5, 0.6) is 0 Å². The number of carbonyl (C=O) groups is 2. The number of rotatable bonds is 10. The van der Waals surface area contributed by atoms with Crippen molar-refractivity contribution < 1.29 is 14.1 Å². The number of nitrogens with two attached hydrogens (primary N) is 1. The number of benzene rings is 2. The maximum Gasteiger partial charge on any atom is 0.314 e. The lowest BCUT2D eigenvalue weighted by atomic mass is 9.69. The summed E-state index contributed by atoms with van der Waals surface area (Å²) in [6, 6.07) is 18.3. The molecule has 5 nitrogen and oxygen atoms in total. The topological polar surface area (TPSA) is 83.9 Å². The lowest BCUT2D eigenvalue weighted by Gasteiger charge is -2.37. The number of hydrogen-bond donors (Lipinski definition) is 1. The molecule has 2 amide bonds. The van der Waals surface area contributed by atoms with E-state index in [4.69, 9.17) is 5.73 Å². The summed E-state index contributed by atoms with van der Waals surface area (Å²) in [5, 5.41) is 10.2. The molecule has 2 N–H and O–H groups in total. The molecule has 3 atom stereocenters. The summed E-state index contributed by atoms with van der Waals surface area (Å²) in [6.45, 7) is 9.50. The number of unbranched alkanes of at least 4 members (excludes halogenated alkanes) is 1. The third kappa shape index (κ3) is 5.33. The number of carbonyl (C=O) groups excluding carboxylic acids is 2. The first-order valence-electron chi connectivity index (χ1n) is 12.9. The Bertz CT molecular complexity index is 1090. The molecule has 1 saturated heterocycles. The zero-order valence-corrected chi connectivity index (χ0v) is 21.7. The molecule has 1 fully saturated rings. The van der Waals surface area contributed by atoms with Gasteiger partial charge in [-0.2, -0.15) is 5.26 Å². The van der Waals surface area contributed by atoms with Crippen molar-refractivity contribution >= 4 is 11.8 Å². The van der Waals surface area contributed by atoms with Crippen LogP contribution < -0.4 is 5.73 Å². The fourth-order valence-electron chi connectivity index (χ4n) is 5.87. The number of aryl methyl sites for hydroxylation is 1. The Morgan fingerprint density at radius 1 is 1.11 bits per heavy atom. The average molecular weight is 475 g/mol. The van der Waals surface area contributed by atoms with Gasteiger partial charge < -0.3 is 5.73 Å². The monoisotopic (exact) mass is 474 g/mol. The van der Waals surface area contributed by atoms with Crippen LogP contribution in [0.1, 0.15) is 74.6 Å². The van der Waals surface area contributed by atoms with Crippen molar-refractivity contribution in [3.8, 4) is 6.07 Å². The summed E-state index contributed by atoms with van der Waals surface area (Å²) >= 11 is 0. The molecule has 2 aromatic rings. The molecule has 1 aliphatic rings. The van der Waals surface area contributed by atoms with Gasteiger partial charge in [0.1, 0.15) is 6.54 Å². The Morgan fingerprint density at radius 2 is 1.83 bits per heavy atom. The Labute approximate surface area is 210 Å². The van der Waals surface area contributed by atoms with Gasteiger partial charge >= 0.3 is 5.91 Å². The van der Waals surface area contributed by atoms with E-state index in [0.717, 1.165) is 24.0 Å². The predicted molar refractivity (Wildman–Crippen MR) is 139 cm³/mol. The summed E-state index contributed by atoms with van der Waals surface area (Å²) < 4.78 is 0.131. The molecule has 0 spiro atoms. The van der Waals surface area contributed by atoms with Crippen LogP contribution in [0.2, 0.25) is 0 Å². The highest BCUT2D eigenvalue weighted by atomic mass is 16.2. The van der Waals surface area contributed by atoms with Crippen molar-refractivity contribution in [2.45, 2.75) is 84.2 Å². The molecule has 0 radical (unpaired) electrons. The Morgan fingerprint density at radius 3 is 2.46 bits per heavy atom. The molecule has 0 aromatic heterocycles. The minimum absolute atomic E-state index is 0.0963. The summed E-state index contributed by atoms with van der Waals surface area (Å²) in [5.41, 5.74) is 9.75. The molecule has 0 saturated carbocycles. The number of quaternary nitrogens is 1. The van der Waals surface area contributed by atoms with Crippen LogP contribution in [-0.2, 0) is 21.5 Å². The van der Waals surface area contributed by atoms with Gasteiger partial charge in [-0.3, -0.25) is 4.79 Å². The normalized spacial score (nSPS) is 21.4. The molecular formula is C30H40N3O2+. The Hall–Kier alpha value is -2.97. The standard InChI is InChI=1S/C30H39N3O2/c1-22(2)30(21-31,26-14-6-5-7-15-26)18-9-8-17-28(34)33(19-11-16-27(33)29(32)35)20-25-13-10-12-23(3)24(25)4/h5-7,10,12-15,22,27H,8-9,11,16-20H2,1-4H3,(H-,32,35)/p+1/t27?,30-,33+/m0/s1. The Kier molecular flexibility index (Phi) is 8.51. The van der Waals surface area contributed by atoms with Crippen molar-refractivity contribution in [1.29, 1.82) is 5.26 Å². The number of hydrogen-bond acceptors (Lipinski definition) is 3. The zero-order chi connectivity index (χ0) is 25.6. The molecule has 2 aromatic carbocycles. The van der Waals surface area contributed by atoms with Gasteiger partial charge in [-0.1, -0.05) is 68.8 Å². The first-order chi connectivity index (χ1) is 16.7. The second kappa shape index (κ2) is 11.2. The molecule has 3 rings (SSSR count). The Balaban J connectivity index is 1.77. The third-order valence-electron chi connectivity index (χ3n) is 8.31. The van der Waals surface area contributed by atoms with E-state index in [1.54, 1.807) is 0 Å². The fourth-order valence-corrected chi connectivity index (χ4v) is 5.87. The maximum atomic E-state index is 13.8. The molecule has 186 valence electrons. The summed E-state index contributed by atoms with van der Waals surface area (Å²) in [7, 11) is 0. The third-order valence-corrected chi connectivity index (χ3v) is 8.31. The molecule has 1 unspecified atom stereocenters. The predicted octanol–water partition coefficient (Wildman–Crippen LogP) is 5.47. The van der Waals surface area contributed by atoms with Crippen LogP contribution in [0.15, 0.2) is 48.5 Å². The van der Waals surface area contributed by atoms with Crippen LogP contribution in [0.4, 0.5) is 0 Å². The maximum absolute atomic E-state index is 13.8. The van der Waals surface area contributed by atoms with Gasteiger partial charge in [-0.25, -0.2) is 9.28 Å². The summed E-state index contributed by atoms with van der Waals surface area (Å²) in [5.74, 6) is -0.126. The van der Waals surface area contributed by atoms with Crippen molar-refractivity contribution in [3.05, 3.63) is 70.8 Å². The quantitative estimate of drug-likeness (QED) is 0.366. The first kappa shape index (κ1) is 26.6. The lowest BCUT2D eigenvalue weighted by molar-refractivity contribution is -0.871. The fraction of sp³-hybridized carbons (Fsp3) is 0.500. The van der Waals surface area contributed by atoms with Crippen LogP contribution in [0, 0.1) is 31.1 Å². The average Bonchev–Trinajstić information content (AvgIpc) is 3.28. The van der Waals surface area contributed by atoms with E-state index in [1.807, 2.05) is 36.4 Å². The van der Waals surface area contributed by atoms with Gasteiger partial charge in [0.25, 0.3) is 5.91 Å². The summed E-state index contributed by atoms with van der Waals surface area (Å²) in [4.78, 5) is 26.2. The molecule has 1 heterocycles. The minimum Gasteiger partial charge on any atom is -0.364 e. The molecule has 35 heavy (non-hydrogen) atoms. The largest absolute Gasteiger partial charge is 0.364 e. The van der Waals surface area contributed by atoms with Gasteiger partial charge in [0.2, 0.25) is 0 Å². The van der Waals surface area contributed by atoms with E-state index in [0.29, 0.717) is 38.8 Å². The van der Waals surface area contributed by atoms with Crippen molar-refractivity contribution in [2.75, 3.05) is 6.54 Å². The molecular weight excluding hydrogens is 434 g/mol. The van der Waals surface area contributed by atoms with E-state index >= 15 is 0 Å². The highest BCUT2D eigenvalue weighted by Crippen LogP contribution is 2.38. The smallest absolute Gasteiger partial charge is 0.314 e. The van der Waals surface area contributed by atoms with Crippen molar-refractivity contribution in [1.82, 2.24) is 0 Å². The van der Waals surface area contributed by atoms with E-state index in [9.17, 15) is 14.9 Å². The van der Waals surface area contributed by atoms with E-state index in [2.05, 4.69) is 45.9 Å². The number of nitrogens with zero attached hydrogens (tertiary/aromatic N) is 2. The van der Waals surface area contributed by atoms with E-state index in [1.165, 1.54) is 11.1 Å². The molecule has 0 aliphatic carbocycles. The van der Waals surface area contributed by atoms with Crippen LogP contribution >= 0.6 is 0 Å². The molecule has 5 heteroatoms. The molecule has 1 aliphatic heterocycles. The highest BCUT2D eigenvalue weighted by molar-refractivity contribution is 5.82. The molecule has 0 bridgehead atoms. The highest BCUT2D eigenvalue weighted by Gasteiger charge is 2.50. The van der Waals surface area contributed by atoms with E-state index < -0.39 is 11.5 Å². The van der Waals surface area contributed by atoms with Gasteiger partial charge in [0.05, 0.1) is 24.4 Å². The van der Waals surface area contributed by atoms with Crippen LogP contribution in [0.3, 0.4) is 0 Å². The number of amides is 2. The number of likely N-dealkylation sites (tertiary alicyclic amines) is 1. The first-order valence-corrected chi connectivity index (χ1v) is 12.9. The zero-order valence-electron chi connectivity index (χ0n) is 21.7.